The average Bonchev–Trinajstić information content (AvgIpc) is 3.07. The predicted molar refractivity (Wildman–Crippen MR) is 72.1 cm³/mol. The van der Waals surface area contributed by atoms with Gasteiger partial charge in [-0.25, -0.2) is 4.79 Å². The van der Waals surface area contributed by atoms with Crippen LogP contribution in [0.3, 0.4) is 0 Å². The number of hydrogen-bond donors (Lipinski definition) is 2. The second-order valence-corrected chi connectivity index (χ2v) is 5.35. The normalized spacial score (nSPS) is 20.2. The maximum absolute atomic E-state index is 12.1. The Kier molecular flexibility index (Phi) is 5.33. The van der Waals surface area contributed by atoms with Crippen LogP contribution >= 0.6 is 0 Å². The quantitative estimate of drug-likeness (QED) is 0.877. The van der Waals surface area contributed by atoms with E-state index < -0.39 is 31.3 Å². The van der Waals surface area contributed by atoms with Crippen molar-refractivity contribution in [2.75, 3.05) is 13.1 Å². The Labute approximate surface area is 126 Å². The summed E-state index contributed by atoms with van der Waals surface area (Å²) in [6, 6.07) is 2.59. The summed E-state index contributed by atoms with van der Waals surface area (Å²) < 4.78 is 41.4. The molecule has 0 aliphatic carbocycles. The molecular formula is C14H19F3N2O3. The molecule has 1 fully saturated rings. The van der Waals surface area contributed by atoms with Crippen LogP contribution in [0.2, 0.25) is 0 Å². The minimum Gasteiger partial charge on any atom is -0.467 e. The number of rotatable bonds is 5. The molecule has 1 aliphatic rings. The first-order valence-corrected chi connectivity index (χ1v) is 7.19. The molecule has 1 aromatic heterocycles. The molecule has 5 nitrogen and oxygen atoms in total. The van der Waals surface area contributed by atoms with Gasteiger partial charge in [-0.2, -0.15) is 13.2 Å². The van der Waals surface area contributed by atoms with E-state index in [2.05, 4.69) is 5.32 Å². The standard InChI is InChI=1S/C14H19F3N2O3/c15-14(16,17)5-6-18-13(21)19-7-1-3-10(19)9-11(20)12-4-2-8-22-12/h2,4,8,10-11,20H,1,3,5-7,9H2,(H,18,21). The lowest BCUT2D eigenvalue weighted by atomic mass is 10.1. The molecule has 0 bridgehead atoms. The first-order chi connectivity index (χ1) is 10.4. The summed E-state index contributed by atoms with van der Waals surface area (Å²) in [5, 5.41) is 12.3. The third kappa shape index (κ3) is 4.66. The second kappa shape index (κ2) is 7.04. The van der Waals surface area contributed by atoms with Crippen molar-refractivity contribution >= 4 is 6.03 Å². The van der Waals surface area contributed by atoms with Crippen LogP contribution in [0.4, 0.5) is 18.0 Å². The van der Waals surface area contributed by atoms with Crippen LogP contribution in [-0.4, -0.2) is 41.3 Å². The van der Waals surface area contributed by atoms with Crippen LogP contribution in [-0.2, 0) is 0 Å². The number of furan rings is 1. The van der Waals surface area contributed by atoms with Crippen molar-refractivity contribution in [1.82, 2.24) is 10.2 Å². The fourth-order valence-corrected chi connectivity index (χ4v) is 2.62. The molecule has 2 atom stereocenters. The minimum atomic E-state index is -4.28. The number of likely N-dealkylation sites (tertiary alicyclic amines) is 1. The number of halogens is 3. The molecule has 22 heavy (non-hydrogen) atoms. The molecule has 1 aromatic rings. The fourth-order valence-electron chi connectivity index (χ4n) is 2.62. The summed E-state index contributed by atoms with van der Waals surface area (Å²) in [4.78, 5) is 13.4. The summed E-state index contributed by atoms with van der Waals surface area (Å²) in [5.41, 5.74) is 0. The molecule has 2 rings (SSSR count). The number of aliphatic hydroxyl groups excluding tert-OH is 1. The molecule has 2 heterocycles. The summed E-state index contributed by atoms with van der Waals surface area (Å²) in [6.45, 7) is 0.0414. The first-order valence-electron chi connectivity index (χ1n) is 7.19. The van der Waals surface area contributed by atoms with Gasteiger partial charge in [-0.05, 0) is 25.0 Å². The summed E-state index contributed by atoms with van der Waals surface area (Å²) in [7, 11) is 0. The van der Waals surface area contributed by atoms with Crippen molar-refractivity contribution in [2.45, 2.75) is 44.0 Å². The fraction of sp³-hybridized carbons (Fsp3) is 0.643. The lowest BCUT2D eigenvalue weighted by molar-refractivity contribution is -0.133. The lowest BCUT2D eigenvalue weighted by Gasteiger charge is -2.26. The van der Waals surface area contributed by atoms with Crippen LogP contribution in [0, 0.1) is 0 Å². The van der Waals surface area contributed by atoms with Crippen LogP contribution in [0.5, 0.6) is 0 Å². The zero-order chi connectivity index (χ0) is 16.2. The van der Waals surface area contributed by atoms with Gasteiger partial charge in [-0.3, -0.25) is 0 Å². The van der Waals surface area contributed by atoms with Crippen LogP contribution < -0.4 is 5.32 Å². The van der Waals surface area contributed by atoms with E-state index in [0.717, 1.165) is 6.42 Å². The second-order valence-electron chi connectivity index (χ2n) is 5.35. The van der Waals surface area contributed by atoms with E-state index in [9.17, 15) is 23.1 Å². The molecule has 0 saturated carbocycles. The molecule has 0 radical (unpaired) electrons. The van der Waals surface area contributed by atoms with E-state index in [0.29, 0.717) is 25.1 Å². The van der Waals surface area contributed by atoms with Crippen LogP contribution in [0.15, 0.2) is 22.8 Å². The summed E-state index contributed by atoms with van der Waals surface area (Å²) in [5.74, 6) is 0.421. The number of carbonyl (C=O) groups is 1. The highest BCUT2D eigenvalue weighted by Crippen LogP contribution is 2.27. The number of carbonyl (C=O) groups excluding carboxylic acids is 1. The van der Waals surface area contributed by atoms with Gasteiger partial charge in [0.1, 0.15) is 11.9 Å². The highest BCUT2D eigenvalue weighted by atomic mass is 19.4. The SMILES string of the molecule is O=C(NCCC(F)(F)F)N1CCCC1CC(O)c1ccco1. The van der Waals surface area contributed by atoms with Gasteiger partial charge in [0.2, 0.25) is 0 Å². The third-order valence-corrected chi connectivity index (χ3v) is 3.69. The van der Waals surface area contributed by atoms with Gasteiger partial charge in [0.25, 0.3) is 0 Å². The third-order valence-electron chi connectivity index (χ3n) is 3.69. The molecule has 1 aliphatic heterocycles. The Balaban J connectivity index is 1.83. The number of nitrogens with zero attached hydrogens (tertiary/aromatic N) is 1. The number of aliphatic hydroxyl groups is 1. The number of nitrogens with one attached hydrogen (secondary N) is 1. The molecule has 0 aromatic carbocycles. The smallest absolute Gasteiger partial charge is 0.390 e. The summed E-state index contributed by atoms with van der Waals surface area (Å²) >= 11 is 0. The van der Waals surface area contributed by atoms with E-state index in [1.54, 1.807) is 12.1 Å². The van der Waals surface area contributed by atoms with Crippen molar-refractivity contribution in [3.05, 3.63) is 24.2 Å². The van der Waals surface area contributed by atoms with E-state index in [-0.39, 0.29) is 6.04 Å². The van der Waals surface area contributed by atoms with Crippen molar-refractivity contribution in [3.63, 3.8) is 0 Å². The van der Waals surface area contributed by atoms with Gasteiger partial charge in [-0.1, -0.05) is 0 Å². The molecular weight excluding hydrogens is 301 g/mol. The average molecular weight is 320 g/mol. The Morgan fingerprint density at radius 3 is 2.95 bits per heavy atom. The molecule has 2 unspecified atom stereocenters. The Morgan fingerprint density at radius 1 is 1.55 bits per heavy atom. The highest BCUT2D eigenvalue weighted by Gasteiger charge is 2.32. The van der Waals surface area contributed by atoms with Gasteiger partial charge in [0, 0.05) is 25.6 Å². The lowest BCUT2D eigenvalue weighted by Crippen LogP contribution is -2.44. The van der Waals surface area contributed by atoms with Gasteiger partial charge in [0.15, 0.2) is 0 Å². The maximum Gasteiger partial charge on any atom is 0.390 e. The molecule has 1 saturated heterocycles. The molecule has 2 amide bonds. The zero-order valence-electron chi connectivity index (χ0n) is 12.0. The Bertz CT molecular complexity index is 476. The van der Waals surface area contributed by atoms with E-state index in [4.69, 9.17) is 4.42 Å². The van der Waals surface area contributed by atoms with Crippen molar-refractivity contribution in [3.8, 4) is 0 Å². The monoisotopic (exact) mass is 320 g/mol. The van der Waals surface area contributed by atoms with Crippen molar-refractivity contribution in [2.24, 2.45) is 0 Å². The Hall–Kier alpha value is -1.70. The molecule has 2 N–H and O–H groups in total. The van der Waals surface area contributed by atoms with Crippen LogP contribution in [0.1, 0.15) is 37.5 Å². The summed E-state index contributed by atoms with van der Waals surface area (Å²) in [6.07, 6.45) is -2.93. The number of amides is 2. The highest BCUT2D eigenvalue weighted by molar-refractivity contribution is 5.74. The van der Waals surface area contributed by atoms with Crippen LogP contribution in [0.25, 0.3) is 0 Å². The first kappa shape index (κ1) is 16.7. The minimum absolute atomic E-state index is 0.203. The largest absolute Gasteiger partial charge is 0.467 e. The van der Waals surface area contributed by atoms with Crippen molar-refractivity contribution < 1.29 is 27.5 Å². The molecule has 0 spiro atoms. The Morgan fingerprint density at radius 2 is 2.32 bits per heavy atom. The zero-order valence-corrected chi connectivity index (χ0v) is 12.0. The number of hydrogen-bond acceptors (Lipinski definition) is 3. The predicted octanol–water partition coefficient (Wildman–Crippen LogP) is 2.83. The van der Waals surface area contributed by atoms with Crippen molar-refractivity contribution in [1.29, 1.82) is 0 Å². The van der Waals surface area contributed by atoms with Gasteiger partial charge < -0.3 is 19.7 Å². The van der Waals surface area contributed by atoms with Gasteiger partial charge in [-0.15, -0.1) is 0 Å². The maximum atomic E-state index is 12.1. The number of urea groups is 1. The molecule has 8 heteroatoms. The van der Waals surface area contributed by atoms with E-state index in [1.807, 2.05) is 0 Å². The van der Waals surface area contributed by atoms with E-state index >= 15 is 0 Å². The topological polar surface area (TPSA) is 65.7 Å². The van der Waals surface area contributed by atoms with Gasteiger partial charge >= 0.3 is 12.2 Å². The van der Waals surface area contributed by atoms with E-state index in [1.165, 1.54) is 11.2 Å². The van der Waals surface area contributed by atoms with Gasteiger partial charge in [0.05, 0.1) is 12.7 Å². The number of alkyl halides is 3. The molecule has 124 valence electrons.